The fourth-order valence-electron chi connectivity index (χ4n) is 3.15. The van der Waals surface area contributed by atoms with Crippen LogP contribution in [0.2, 0.25) is 0 Å². The van der Waals surface area contributed by atoms with E-state index >= 15 is 0 Å². The zero-order chi connectivity index (χ0) is 18.1. The van der Waals surface area contributed by atoms with Gasteiger partial charge in [0, 0.05) is 23.6 Å². The van der Waals surface area contributed by atoms with Crippen molar-refractivity contribution in [1.29, 1.82) is 0 Å². The zero-order valence-electron chi connectivity index (χ0n) is 14.0. The first-order valence-electron chi connectivity index (χ1n) is 7.97. The van der Waals surface area contributed by atoms with Crippen LogP contribution in [0.1, 0.15) is 21.7 Å². The number of ether oxygens (including phenoxy) is 1. The van der Waals surface area contributed by atoms with E-state index in [0.29, 0.717) is 23.5 Å². The van der Waals surface area contributed by atoms with Gasteiger partial charge in [0.1, 0.15) is 5.82 Å². The van der Waals surface area contributed by atoms with Crippen molar-refractivity contribution in [2.45, 2.75) is 20.0 Å². The van der Waals surface area contributed by atoms with Crippen LogP contribution in [0.25, 0.3) is 5.69 Å². The average molecular weight is 346 g/mol. The molecule has 25 heavy (non-hydrogen) atoms. The van der Waals surface area contributed by atoms with Crippen LogP contribution in [-0.2, 0) is 9.53 Å². The van der Waals surface area contributed by atoms with Gasteiger partial charge in [-0.25, -0.2) is 9.18 Å². The average Bonchev–Trinajstić information content (AvgIpc) is 2.88. The zero-order valence-corrected chi connectivity index (χ0v) is 14.0. The highest BCUT2D eigenvalue weighted by Crippen LogP contribution is 2.23. The van der Waals surface area contributed by atoms with Crippen molar-refractivity contribution in [3.05, 3.63) is 53.1 Å². The third kappa shape index (κ3) is 3.28. The number of hydrogen-bond acceptors (Lipinski definition) is 3. The number of morpholine rings is 1. The number of halogens is 1. The Hall–Kier alpha value is -2.67. The summed E-state index contributed by atoms with van der Waals surface area (Å²) in [5.74, 6) is -1.68. The van der Waals surface area contributed by atoms with Crippen molar-refractivity contribution in [2.24, 2.45) is 0 Å². The molecule has 132 valence electrons. The van der Waals surface area contributed by atoms with E-state index in [9.17, 15) is 14.0 Å². The molecule has 1 unspecified atom stereocenters. The van der Waals surface area contributed by atoms with Crippen molar-refractivity contribution in [3.63, 3.8) is 0 Å². The smallest absolute Gasteiger partial charge is 0.334 e. The molecule has 0 bridgehead atoms. The van der Waals surface area contributed by atoms with Gasteiger partial charge in [0.2, 0.25) is 0 Å². The lowest BCUT2D eigenvalue weighted by molar-refractivity contribution is -0.154. The normalized spacial score (nSPS) is 17.6. The monoisotopic (exact) mass is 346 g/mol. The van der Waals surface area contributed by atoms with Gasteiger partial charge in [-0.3, -0.25) is 4.79 Å². The molecule has 7 heteroatoms. The van der Waals surface area contributed by atoms with Crippen molar-refractivity contribution in [3.8, 4) is 5.69 Å². The number of aromatic nitrogens is 1. The summed E-state index contributed by atoms with van der Waals surface area (Å²) >= 11 is 0. The summed E-state index contributed by atoms with van der Waals surface area (Å²) < 4.78 is 20.5. The van der Waals surface area contributed by atoms with E-state index in [4.69, 9.17) is 9.84 Å². The van der Waals surface area contributed by atoms with Crippen LogP contribution in [0.15, 0.2) is 30.3 Å². The van der Waals surface area contributed by atoms with E-state index in [1.807, 2.05) is 11.5 Å². The van der Waals surface area contributed by atoms with E-state index in [1.165, 1.54) is 17.0 Å². The van der Waals surface area contributed by atoms with Crippen LogP contribution in [-0.4, -0.2) is 52.3 Å². The van der Waals surface area contributed by atoms with Crippen LogP contribution < -0.4 is 0 Å². The number of aliphatic carboxylic acids is 1. The van der Waals surface area contributed by atoms with E-state index in [2.05, 4.69) is 0 Å². The third-order valence-corrected chi connectivity index (χ3v) is 4.36. The molecule has 6 nitrogen and oxygen atoms in total. The Labute approximate surface area is 144 Å². The molecule has 0 spiro atoms. The van der Waals surface area contributed by atoms with Gasteiger partial charge >= 0.3 is 5.97 Å². The minimum absolute atomic E-state index is 0.0117. The van der Waals surface area contributed by atoms with E-state index in [-0.39, 0.29) is 24.9 Å². The molecule has 2 aromatic rings. The second-order valence-corrected chi connectivity index (χ2v) is 6.05. The summed E-state index contributed by atoms with van der Waals surface area (Å²) in [5, 5.41) is 9.08. The molecule has 1 aliphatic heterocycles. The van der Waals surface area contributed by atoms with Crippen molar-refractivity contribution in [2.75, 3.05) is 19.7 Å². The van der Waals surface area contributed by atoms with E-state index in [0.717, 1.165) is 5.69 Å². The van der Waals surface area contributed by atoms with Crippen molar-refractivity contribution in [1.82, 2.24) is 9.47 Å². The molecular formula is C18H19FN2O4. The second-order valence-electron chi connectivity index (χ2n) is 6.05. The molecular weight excluding hydrogens is 327 g/mol. The highest BCUT2D eigenvalue weighted by atomic mass is 19.1. The Morgan fingerprint density at radius 1 is 1.28 bits per heavy atom. The predicted octanol–water partition coefficient (Wildman–Crippen LogP) is 2.16. The number of carbonyl (C=O) groups excluding carboxylic acids is 1. The summed E-state index contributed by atoms with van der Waals surface area (Å²) in [5.41, 5.74) is 2.60. The molecule has 2 heterocycles. The molecule has 0 saturated carbocycles. The molecule has 0 aliphatic carbocycles. The van der Waals surface area contributed by atoms with Crippen LogP contribution in [0.5, 0.6) is 0 Å². The van der Waals surface area contributed by atoms with Gasteiger partial charge in [-0.2, -0.15) is 0 Å². The molecule has 0 radical (unpaired) electrons. The van der Waals surface area contributed by atoms with Crippen molar-refractivity contribution < 1.29 is 23.8 Å². The first-order valence-corrected chi connectivity index (χ1v) is 7.97. The minimum atomic E-state index is -1.08. The summed E-state index contributed by atoms with van der Waals surface area (Å²) in [4.78, 5) is 25.4. The van der Waals surface area contributed by atoms with E-state index in [1.54, 1.807) is 25.1 Å². The largest absolute Gasteiger partial charge is 0.479 e. The standard InChI is InChI=1S/C18H19FN2O4/c1-11-8-15(12(2)21(11)14-5-3-4-13(19)9-14)17(22)20-6-7-25-16(10-20)18(23)24/h3-5,8-9,16H,6-7,10H2,1-2H3,(H,23,24). The van der Waals surface area contributed by atoms with Crippen LogP contribution in [0, 0.1) is 19.7 Å². The summed E-state index contributed by atoms with van der Waals surface area (Å²) in [6.45, 7) is 4.17. The predicted molar refractivity (Wildman–Crippen MR) is 88.5 cm³/mol. The van der Waals surface area contributed by atoms with Gasteiger partial charge in [-0.15, -0.1) is 0 Å². The van der Waals surface area contributed by atoms with Crippen LogP contribution >= 0.6 is 0 Å². The SMILES string of the molecule is Cc1cc(C(=O)N2CCOC(C(=O)O)C2)c(C)n1-c1cccc(F)c1. The number of benzene rings is 1. The first-order chi connectivity index (χ1) is 11.9. The van der Waals surface area contributed by atoms with Crippen LogP contribution in [0.3, 0.4) is 0 Å². The molecule has 1 saturated heterocycles. The highest BCUT2D eigenvalue weighted by molar-refractivity contribution is 5.96. The Kier molecular flexibility index (Phi) is 4.59. The fourth-order valence-corrected chi connectivity index (χ4v) is 3.15. The molecule has 1 atom stereocenters. The van der Waals surface area contributed by atoms with Crippen LogP contribution in [0.4, 0.5) is 4.39 Å². The topological polar surface area (TPSA) is 71.8 Å². The Balaban J connectivity index is 1.92. The maximum Gasteiger partial charge on any atom is 0.334 e. The number of amides is 1. The Morgan fingerprint density at radius 3 is 2.72 bits per heavy atom. The number of hydrogen-bond donors (Lipinski definition) is 1. The number of carboxylic acid groups (broad SMARTS) is 1. The highest BCUT2D eigenvalue weighted by Gasteiger charge is 2.31. The minimum Gasteiger partial charge on any atom is -0.479 e. The number of nitrogens with zero attached hydrogens (tertiary/aromatic N) is 2. The second kappa shape index (κ2) is 6.68. The van der Waals surface area contributed by atoms with Gasteiger partial charge in [-0.05, 0) is 38.1 Å². The molecule has 1 amide bonds. The molecule has 1 aliphatic rings. The van der Waals surface area contributed by atoms with Gasteiger partial charge in [0.05, 0.1) is 18.7 Å². The molecule has 1 aromatic carbocycles. The summed E-state index contributed by atoms with van der Waals surface area (Å²) in [6.07, 6.45) is -1.01. The number of rotatable bonds is 3. The number of aryl methyl sites for hydroxylation is 1. The molecule has 1 N–H and O–H groups in total. The van der Waals surface area contributed by atoms with Gasteiger partial charge in [0.25, 0.3) is 5.91 Å². The molecule has 3 rings (SSSR count). The lowest BCUT2D eigenvalue weighted by Gasteiger charge is -2.30. The van der Waals surface area contributed by atoms with E-state index < -0.39 is 12.1 Å². The summed E-state index contributed by atoms with van der Waals surface area (Å²) in [7, 11) is 0. The third-order valence-electron chi connectivity index (χ3n) is 4.36. The first kappa shape index (κ1) is 17.2. The van der Waals surface area contributed by atoms with Gasteiger partial charge < -0.3 is 19.3 Å². The molecule has 1 fully saturated rings. The molecule has 1 aromatic heterocycles. The Morgan fingerprint density at radius 2 is 2.04 bits per heavy atom. The Bertz CT molecular complexity index is 830. The van der Waals surface area contributed by atoms with Gasteiger partial charge in [-0.1, -0.05) is 6.07 Å². The number of carboxylic acids is 1. The fraction of sp³-hybridized carbons (Fsp3) is 0.333. The quantitative estimate of drug-likeness (QED) is 0.924. The maximum atomic E-state index is 13.5. The lowest BCUT2D eigenvalue weighted by atomic mass is 10.2. The van der Waals surface area contributed by atoms with Crippen molar-refractivity contribution >= 4 is 11.9 Å². The lowest BCUT2D eigenvalue weighted by Crippen LogP contribution is -2.48. The number of carbonyl (C=O) groups is 2. The summed E-state index contributed by atoms with van der Waals surface area (Å²) in [6, 6.07) is 7.90. The maximum absolute atomic E-state index is 13.5. The van der Waals surface area contributed by atoms with Gasteiger partial charge in [0.15, 0.2) is 6.10 Å².